The number of carboxylic acids is 1. The van der Waals surface area contributed by atoms with Gasteiger partial charge in [-0.15, -0.1) is 0 Å². The maximum Gasteiger partial charge on any atom is 0.305 e. The highest BCUT2D eigenvalue weighted by atomic mass is 16.4. The zero-order chi connectivity index (χ0) is 19.8. The van der Waals surface area contributed by atoms with Gasteiger partial charge in [-0.1, -0.05) is 39.0 Å². The van der Waals surface area contributed by atoms with Crippen LogP contribution in [0.25, 0.3) is 0 Å². The molecule has 9 heteroatoms. The monoisotopic (exact) mass is 368 g/mol. The molecule has 150 valence electrons. The summed E-state index contributed by atoms with van der Waals surface area (Å²) in [5.74, 6) is -0.916. The third-order valence-electron chi connectivity index (χ3n) is 3.47. The van der Waals surface area contributed by atoms with Gasteiger partial charge in [-0.2, -0.15) is 0 Å². The molecule has 0 saturated heterocycles. The lowest BCUT2D eigenvalue weighted by atomic mass is 10.0. The van der Waals surface area contributed by atoms with Crippen molar-refractivity contribution >= 4 is 12.3 Å². The SMILES string of the molecule is CCCCCCCC(O)CC(=O)O.O=C[C@H](O)[C@@H](O)[C@H](O)[C@H](O)CO. The smallest absolute Gasteiger partial charge is 0.305 e. The van der Waals surface area contributed by atoms with E-state index in [-0.39, 0.29) is 12.7 Å². The van der Waals surface area contributed by atoms with Crippen LogP contribution in [-0.4, -0.2) is 85.1 Å². The largest absolute Gasteiger partial charge is 0.481 e. The number of carbonyl (C=O) groups is 2. The van der Waals surface area contributed by atoms with Gasteiger partial charge in [0.05, 0.1) is 19.1 Å². The van der Waals surface area contributed by atoms with E-state index in [0.717, 1.165) is 12.8 Å². The molecular formula is C16H32O9. The Morgan fingerprint density at radius 3 is 1.96 bits per heavy atom. The van der Waals surface area contributed by atoms with E-state index in [4.69, 9.17) is 30.6 Å². The molecule has 0 aromatic heterocycles. The second-order valence-corrected chi connectivity index (χ2v) is 5.81. The van der Waals surface area contributed by atoms with Gasteiger partial charge in [0.1, 0.15) is 24.4 Å². The molecule has 1 unspecified atom stereocenters. The molecule has 5 atom stereocenters. The summed E-state index contributed by atoms with van der Waals surface area (Å²) in [7, 11) is 0. The van der Waals surface area contributed by atoms with Crippen molar-refractivity contribution in [3.63, 3.8) is 0 Å². The maximum absolute atomic E-state index is 10.2. The van der Waals surface area contributed by atoms with E-state index in [1.807, 2.05) is 0 Å². The highest BCUT2D eigenvalue weighted by Gasteiger charge is 2.29. The minimum Gasteiger partial charge on any atom is -0.481 e. The molecule has 0 aliphatic carbocycles. The minimum absolute atomic E-state index is 0.0258. The Balaban J connectivity index is 0. The second kappa shape index (κ2) is 16.4. The van der Waals surface area contributed by atoms with E-state index in [0.29, 0.717) is 6.42 Å². The Hall–Kier alpha value is -1.10. The molecule has 0 fully saturated rings. The highest BCUT2D eigenvalue weighted by Crippen LogP contribution is 2.08. The maximum atomic E-state index is 10.2. The number of aliphatic hydroxyl groups excluding tert-OH is 6. The number of rotatable bonds is 13. The number of carboxylic acid groups (broad SMARTS) is 1. The summed E-state index contributed by atoms with van der Waals surface area (Å²) in [6, 6.07) is 0. The van der Waals surface area contributed by atoms with Gasteiger partial charge < -0.3 is 40.5 Å². The summed E-state index contributed by atoms with van der Waals surface area (Å²) in [6.45, 7) is 1.39. The van der Waals surface area contributed by atoms with Crippen LogP contribution in [0.4, 0.5) is 0 Å². The van der Waals surface area contributed by atoms with Crippen molar-refractivity contribution in [2.24, 2.45) is 0 Å². The molecule has 7 N–H and O–H groups in total. The molecule has 0 rings (SSSR count). The first-order valence-corrected chi connectivity index (χ1v) is 8.39. The van der Waals surface area contributed by atoms with Gasteiger partial charge >= 0.3 is 5.97 Å². The third kappa shape index (κ3) is 14.9. The molecule has 0 heterocycles. The van der Waals surface area contributed by atoms with Crippen LogP contribution in [0.1, 0.15) is 51.9 Å². The molecule has 0 bridgehead atoms. The predicted octanol–water partition coefficient (Wildman–Crippen LogP) is -1.20. The fraction of sp³-hybridized carbons (Fsp3) is 0.875. The Kier molecular flexibility index (Phi) is 17.1. The molecule has 0 amide bonds. The van der Waals surface area contributed by atoms with E-state index >= 15 is 0 Å². The van der Waals surface area contributed by atoms with Crippen LogP contribution in [0.15, 0.2) is 0 Å². The average molecular weight is 368 g/mol. The summed E-state index contributed by atoms with van der Waals surface area (Å²) in [5.41, 5.74) is 0. The molecule has 0 saturated carbocycles. The Labute approximate surface area is 147 Å². The Morgan fingerprint density at radius 1 is 0.960 bits per heavy atom. The number of hydrogen-bond donors (Lipinski definition) is 7. The van der Waals surface area contributed by atoms with Crippen LogP contribution in [0.5, 0.6) is 0 Å². The number of aliphatic hydroxyl groups is 6. The molecule has 25 heavy (non-hydrogen) atoms. The van der Waals surface area contributed by atoms with Crippen LogP contribution in [-0.2, 0) is 9.59 Å². The van der Waals surface area contributed by atoms with Gasteiger partial charge in [0.25, 0.3) is 0 Å². The first-order chi connectivity index (χ1) is 11.7. The number of aliphatic carboxylic acids is 1. The molecule has 0 spiro atoms. The fourth-order valence-electron chi connectivity index (χ4n) is 1.91. The van der Waals surface area contributed by atoms with Crippen molar-refractivity contribution in [3.8, 4) is 0 Å². The van der Waals surface area contributed by atoms with Gasteiger partial charge in [0.15, 0.2) is 6.29 Å². The lowest BCUT2D eigenvalue weighted by Crippen LogP contribution is -2.46. The number of aldehydes is 1. The van der Waals surface area contributed by atoms with E-state index in [1.54, 1.807) is 0 Å². The van der Waals surface area contributed by atoms with Crippen LogP contribution in [0.3, 0.4) is 0 Å². The molecule has 0 radical (unpaired) electrons. The van der Waals surface area contributed by atoms with Crippen molar-refractivity contribution in [2.75, 3.05) is 6.61 Å². The van der Waals surface area contributed by atoms with Crippen molar-refractivity contribution in [3.05, 3.63) is 0 Å². The van der Waals surface area contributed by atoms with Gasteiger partial charge in [0, 0.05) is 0 Å². The normalized spacial score (nSPS) is 16.8. The van der Waals surface area contributed by atoms with Crippen LogP contribution in [0, 0.1) is 0 Å². The molecule has 0 aliphatic heterocycles. The van der Waals surface area contributed by atoms with Crippen molar-refractivity contribution in [1.29, 1.82) is 0 Å². The number of hydrogen-bond acceptors (Lipinski definition) is 8. The standard InChI is InChI=1S/C10H20O3.C6H12O6/c1-2-3-4-5-6-7-9(11)8-10(12)13;7-1-3(9)5(11)6(12)4(10)2-8/h9,11H,2-8H2,1H3,(H,12,13);1,3-6,8-12H,2H2/t;3-,4+,5+,6+/m.0/s1. The van der Waals surface area contributed by atoms with E-state index in [2.05, 4.69) is 6.92 Å². The first kappa shape index (κ1) is 26.1. The van der Waals surface area contributed by atoms with E-state index in [1.165, 1.54) is 19.3 Å². The van der Waals surface area contributed by atoms with Gasteiger partial charge in [-0.25, -0.2) is 0 Å². The summed E-state index contributed by atoms with van der Waals surface area (Å²) >= 11 is 0. The van der Waals surface area contributed by atoms with Crippen molar-refractivity contribution in [1.82, 2.24) is 0 Å². The lowest BCUT2D eigenvalue weighted by Gasteiger charge is -2.22. The lowest BCUT2D eigenvalue weighted by molar-refractivity contribution is -0.139. The Morgan fingerprint density at radius 2 is 1.52 bits per heavy atom. The number of carbonyl (C=O) groups excluding carboxylic acids is 1. The molecule has 0 aromatic carbocycles. The third-order valence-corrected chi connectivity index (χ3v) is 3.47. The fourth-order valence-corrected chi connectivity index (χ4v) is 1.91. The Bertz CT molecular complexity index is 338. The average Bonchev–Trinajstić information content (AvgIpc) is 2.58. The predicted molar refractivity (Wildman–Crippen MR) is 88.8 cm³/mol. The summed E-state index contributed by atoms with van der Waals surface area (Å²) in [5, 5.41) is 61.1. The van der Waals surface area contributed by atoms with E-state index < -0.39 is 43.1 Å². The van der Waals surface area contributed by atoms with Crippen LogP contribution in [0.2, 0.25) is 0 Å². The highest BCUT2D eigenvalue weighted by molar-refractivity contribution is 5.67. The van der Waals surface area contributed by atoms with Crippen molar-refractivity contribution < 1.29 is 45.3 Å². The van der Waals surface area contributed by atoms with Gasteiger partial charge in [-0.05, 0) is 6.42 Å². The van der Waals surface area contributed by atoms with E-state index in [9.17, 15) is 14.7 Å². The van der Waals surface area contributed by atoms with Gasteiger partial charge in [-0.3, -0.25) is 4.79 Å². The van der Waals surface area contributed by atoms with Crippen LogP contribution >= 0.6 is 0 Å². The van der Waals surface area contributed by atoms with Crippen molar-refractivity contribution in [2.45, 2.75) is 82.4 Å². The topological polar surface area (TPSA) is 176 Å². The minimum atomic E-state index is -1.79. The number of unbranched alkanes of at least 4 members (excludes halogenated alkanes) is 4. The molecule has 0 aliphatic rings. The second-order valence-electron chi connectivity index (χ2n) is 5.81. The summed E-state index contributed by atoms with van der Waals surface area (Å²) in [4.78, 5) is 20.1. The summed E-state index contributed by atoms with van der Waals surface area (Å²) < 4.78 is 0. The molecule has 0 aromatic rings. The van der Waals surface area contributed by atoms with Gasteiger partial charge in [0.2, 0.25) is 0 Å². The van der Waals surface area contributed by atoms with Crippen LogP contribution < -0.4 is 0 Å². The molecule has 9 nitrogen and oxygen atoms in total. The first-order valence-electron chi connectivity index (χ1n) is 8.39. The zero-order valence-corrected chi connectivity index (χ0v) is 14.6. The quantitative estimate of drug-likeness (QED) is 0.155. The molecular weight excluding hydrogens is 336 g/mol. The summed E-state index contributed by atoms with van der Waals surface area (Å²) in [6.07, 6.45) is -1.32. The zero-order valence-electron chi connectivity index (χ0n) is 14.6.